The third kappa shape index (κ3) is 3.11. The summed E-state index contributed by atoms with van der Waals surface area (Å²) in [6.07, 6.45) is -0.154. The number of likely N-dealkylation sites (tertiary alicyclic amines) is 1. The molecule has 0 bridgehead atoms. The highest BCUT2D eigenvalue weighted by molar-refractivity contribution is 6.39. The Morgan fingerprint density at radius 3 is 2.40 bits per heavy atom. The third-order valence-electron chi connectivity index (χ3n) is 2.48. The Morgan fingerprint density at radius 1 is 1.40 bits per heavy atom. The number of rotatable bonds is 3. The van der Waals surface area contributed by atoms with Gasteiger partial charge in [-0.05, 0) is 6.92 Å². The van der Waals surface area contributed by atoms with Crippen LogP contribution < -0.4 is 0 Å². The van der Waals surface area contributed by atoms with E-state index in [-0.39, 0.29) is 13.0 Å². The standard InChI is InChI=1S/C10H14FNO3/c1-7(13)8(14)5-9(15)12-4-3-10(2,11)6-12/h3-6H2,1-2H3. The van der Waals surface area contributed by atoms with E-state index in [2.05, 4.69) is 0 Å². The fourth-order valence-electron chi connectivity index (χ4n) is 1.51. The van der Waals surface area contributed by atoms with E-state index in [9.17, 15) is 18.8 Å². The first-order chi connectivity index (χ1) is 6.82. The third-order valence-corrected chi connectivity index (χ3v) is 2.48. The zero-order valence-electron chi connectivity index (χ0n) is 8.88. The molecule has 0 aromatic rings. The minimum absolute atomic E-state index is 0.0109. The summed E-state index contributed by atoms with van der Waals surface area (Å²) in [4.78, 5) is 34.3. The molecular formula is C10H14FNO3. The van der Waals surface area contributed by atoms with Crippen molar-refractivity contribution in [1.29, 1.82) is 0 Å². The quantitative estimate of drug-likeness (QED) is 0.508. The molecule has 0 aromatic carbocycles. The van der Waals surface area contributed by atoms with Crippen molar-refractivity contribution in [2.45, 2.75) is 32.4 Å². The fourth-order valence-corrected chi connectivity index (χ4v) is 1.51. The van der Waals surface area contributed by atoms with Gasteiger partial charge in [-0.15, -0.1) is 0 Å². The van der Waals surface area contributed by atoms with Crippen LogP contribution in [0.1, 0.15) is 26.7 Å². The minimum atomic E-state index is -1.37. The van der Waals surface area contributed by atoms with Gasteiger partial charge in [-0.3, -0.25) is 14.4 Å². The van der Waals surface area contributed by atoms with Crippen molar-refractivity contribution < 1.29 is 18.8 Å². The maximum atomic E-state index is 13.4. The molecule has 84 valence electrons. The van der Waals surface area contributed by atoms with Crippen LogP contribution in [0.25, 0.3) is 0 Å². The Bertz CT molecular complexity index is 312. The maximum Gasteiger partial charge on any atom is 0.230 e. The summed E-state index contributed by atoms with van der Waals surface area (Å²) in [6.45, 7) is 2.87. The summed E-state index contributed by atoms with van der Waals surface area (Å²) in [5, 5.41) is 0. The molecule has 1 rings (SSSR count). The van der Waals surface area contributed by atoms with E-state index in [0.29, 0.717) is 6.54 Å². The summed E-state index contributed by atoms with van der Waals surface area (Å²) in [5.41, 5.74) is -1.37. The maximum absolute atomic E-state index is 13.4. The van der Waals surface area contributed by atoms with Gasteiger partial charge in [-0.2, -0.15) is 0 Å². The number of carbonyl (C=O) groups is 3. The van der Waals surface area contributed by atoms with Crippen LogP contribution in [0.5, 0.6) is 0 Å². The van der Waals surface area contributed by atoms with Crippen molar-refractivity contribution in [3.63, 3.8) is 0 Å². The highest BCUT2D eigenvalue weighted by atomic mass is 19.1. The predicted molar refractivity (Wildman–Crippen MR) is 51.0 cm³/mol. The van der Waals surface area contributed by atoms with Crippen LogP contribution >= 0.6 is 0 Å². The van der Waals surface area contributed by atoms with Crippen LogP contribution in [0.2, 0.25) is 0 Å². The zero-order chi connectivity index (χ0) is 11.6. The summed E-state index contributed by atoms with van der Waals surface area (Å²) in [5.74, 6) is -1.81. The van der Waals surface area contributed by atoms with Gasteiger partial charge in [0.2, 0.25) is 11.7 Å². The molecule has 0 N–H and O–H groups in total. The predicted octanol–water partition coefficient (Wildman–Crippen LogP) is 0.495. The second-order valence-corrected chi connectivity index (χ2v) is 4.13. The SMILES string of the molecule is CC(=O)C(=O)CC(=O)N1CCC(C)(F)C1. The summed E-state index contributed by atoms with van der Waals surface area (Å²) >= 11 is 0. The van der Waals surface area contributed by atoms with E-state index in [1.54, 1.807) is 0 Å². The molecule has 1 heterocycles. The number of carbonyl (C=O) groups excluding carboxylic acids is 3. The van der Waals surface area contributed by atoms with Crippen molar-refractivity contribution in [2.75, 3.05) is 13.1 Å². The molecule has 5 heteroatoms. The number of Topliss-reactive ketones (excluding diaryl/α,β-unsaturated/α-hetero) is 2. The molecule has 1 aliphatic heterocycles. The number of ketones is 2. The van der Waals surface area contributed by atoms with Gasteiger partial charge in [0.15, 0.2) is 5.78 Å². The lowest BCUT2D eigenvalue weighted by Gasteiger charge is -2.16. The largest absolute Gasteiger partial charge is 0.339 e. The van der Waals surface area contributed by atoms with E-state index in [1.165, 1.54) is 11.8 Å². The molecule has 1 saturated heterocycles. The smallest absolute Gasteiger partial charge is 0.230 e. The van der Waals surface area contributed by atoms with Gasteiger partial charge in [0, 0.05) is 19.9 Å². The van der Waals surface area contributed by atoms with Crippen molar-refractivity contribution in [3.05, 3.63) is 0 Å². The van der Waals surface area contributed by atoms with Gasteiger partial charge < -0.3 is 4.90 Å². The molecule has 1 aliphatic rings. The highest BCUT2D eigenvalue weighted by Crippen LogP contribution is 2.24. The van der Waals surface area contributed by atoms with Crippen molar-refractivity contribution >= 4 is 17.5 Å². The molecule has 1 fully saturated rings. The Balaban J connectivity index is 2.50. The lowest BCUT2D eigenvalue weighted by Crippen LogP contribution is -2.34. The van der Waals surface area contributed by atoms with Crippen LogP contribution in [-0.4, -0.2) is 41.1 Å². The molecule has 1 atom stereocenters. The van der Waals surface area contributed by atoms with Gasteiger partial charge in [-0.25, -0.2) is 4.39 Å². The minimum Gasteiger partial charge on any atom is -0.339 e. The Kier molecular flexibility index (Phi) is 3.21. The average molecular weight is 215 g/mol. The number of nitrogens with zero attached hydrogens (tertiary/aromatic N) is 1. The first kappa shape index (κ1) is 11.8. The van der Waals surface area contributed by atoms with Crippen molar-refractivity contribution in [3.8, 4) is 0 Å². The Hall–Kier alpha value is -1.26. The van der Waals surface area contributed by atoms with E-state index < -0.39 is 29.6 Å². The van der Waals surface area contributed by atoms with Crippen LogP contribution in [0, 0.1) is 0 Å². The number of alkyl halides is 1. The van der Waals surface area contributed by atoms with Crippen LogP contribution in [0.3, 0.4) is 0 Å². The second-order valence-electron chi connectivity index (χ2n) is 4.13. The number of hydrogen-bond acceptors (Lipinski definition) is 3. The van der Waals surface area contributed by atoms with E-state index in [0.717, 1.165) is 6.92 Å². The van der Waals surface area contributed by atoms with Gasteiger partial charge >= 0.3 is 0 Å². The number of halogens is 1. The van der Waals surface area contributed by atoms with E-state index >= 15 is 0 Å². The monoisotopic (exact) mass is 215 g/mol. The first-order valence-electron chi connectivity index (χ1n) is 4.82. The molecule has 0 aliphatic carbocycles. The lowest BCUT2D eigenvalue weighted by molar-refractivity contribution is -0.141. The highest BCUT2D eigenvalue weighted by Gasteiger charge is 2.36. The molecule has 0 spiro atoms. The number of hydrogen-bond donors (Lipinski definition) is 0. The molecule has 15 heavy (non-hydrogen) atoms. The number of amides is 1. The molecule has 0 saturated carbocycles. The lowest BCUT2D eigenvalue weighted by atomic mass is 10.1. The second kappa shape index (κ2) is 4.08. The molecule has 1 amide bonds. The summed E-state index contributed by atoms with van der Waals surface area (Å²) in [7, 11) is 0. The Morgan fingerprint density at radius 2 is 2.00 bits per heavy atom. The topological polar surface area (TPSA) is 54.5 Å². The Labute approximate surface area is 87.4 Å². The van der Waals surface area contributed by atoms with Crippen LogP contribution in [-0.2, 0) is 14.4 Å². The molecule has 1 unspecified atom stereocenters. The molecule has 0 radical (unpaired) electrons. The molecule has 0 aromatic heterocycles. The van der Waals surface area contributed by atoms with Crippen molar-refractivity contribution in [1.82, 2.24) is 4.90 Å². The molecular weight excluding hydrogens is 201 g/mol. The first-order valence-corrected chi connectivity index (χ1v) is 4.82. The van der Waals surface area contributed by atoms with Crippen LogP contribution in [0.4, 0.5) is 4.39 Å². The normalized spacial score (nSPS) is 25.4. The van der Waals surface area contributed by atoms with Gasteiger partial charge in [0.25, 0.3) is 0 Å². The van der Waals surface area contributed by atoms with Crippen molar-refractivity contribution in [2.24, 2.45) is 0 Å². The van der Waals surface area contributed by atoms with Gasteiger partial charge in [0.05, 0.1) is 13.0 Å². The zero-order valence-corrected chi connectivity index (χ0v) is 8.88. The fraction of sp³-hybridized carbons (Fsp3) is 0.700. The van der Waals surface area contributed by atoms with E-state index in [4.69, 9.17) is 0 Å². The van der Waals surface area contributed by atoms with Crippen LogP contribution in [0.15, 0.2) is 0 Å². The van der Waals surface area contributed by atoms with E-state index in [1.807, 2.05) is 0 Å². The van der Waals surface area contributed by atoms with Gasteiger partial charge in [-0.1, -0.05) is 0 Å². The molecule has 4 nitrogen and oxygen atoms in total. The summed E-state index contributed by atoms with van der Waals surface area (Å²) in [6, 6.07) is 0. The average Bonchev–Trinajstić information content (AvgIpc) is 2.45. The van der Waals surface area contributed by atoms with Gasteiger partial charge in [0.1, 0.15) is 5.67 Å². The summed E-state index contributed by atoms with van der Waals surface area (Å²) < 4.78 is 13.4.